The fourth-order valence-corrected chi connectivity index (χ4v) is 2.55. The third-order valence-corrected chi connectivity index (χ3v) is 4.05. The SMILES string of the molecule is CC(Cc1ccccc1)(C(=O)NO)C(=O)NCCc1ccccc1. The lowest BCUT2D eigenvalue weighted by Gasteiger charge is -2.26. The molecule has 2 aromatic rings. The van der Waals surface area contributed by atoms with E-state index in [0.717, 1.165) is 11.1 Å². The van der Waals surface area contributed by atoms with E-state index in [1.807, 2.05) is 60.7 Å². The number of nitrogens with one attached hydrogen (secondary N) is 2. The zero-order valence-corrected chi connectivity index (χ0v) is 13.7. The van der Waals surface area contributed by atoms with Crippen LogP contribution in [0.5, 0.6) is 0 Å². The highest BCUT2D eigenvalue weighted by Gasteiger charge is 2.41. The first kappa shape index (κ1) is 17.7. The van der Waals surface area contributed by atoms with Crippen LogP contribution < -0.4 is 10.8 Å². The van der Waals surface area contributed by atoms with Crippen LogP contribution in [-0.2, 0) is 22.4 Å². The highest BCUT2D eigenvalue weighted by atomic mass is 16.5. The van der Waals surface area contributed by atoms with Crippen molar-refractivity contribution < 1.29 is 14.8 Å². The average Bonchev–Trinajstić information content (AvgIpc) is 2.62. The van der Waals surface area contributed by atoms with Crippen LogP contribution in [0.3, 0.4) is 0 Å². The third-order valence-electron chi connectivity index (χ3n) is 4.05. The highest BCUT2D eigenvalue weighted by Crippen LogP contribution is 2.23. The summed E-state index contributed by atoms with van der Waals surface area (Å²) >= 11 is 0. The molecule has 126 valence electrons. The summed E-state index contributed by atoms with van der Waals surface area (Å²) in [6, 6.07) is 19.0. The molecule has 0 aliphatic carbocycles. The molecule has 0 spiro atoms. The van der Waals surface area contributed by atoms with Crippen LogP contribution in [-0.4, -0.2) is 23.6 Å². The van der Waals surface area contributed by atoms with E-state index >= 15 is 0 Å². The van der Waals surface area contributed by atoms with Gasteiger partial charge in [-0.2, -0.15) is 0 Å². The number of rotatable bonds is 7. The van der Waals surface area contributed by atoms with E-state index < -0.39 is 17.2 Å². The van der Waals surface area contributed by atoms with Gasteiger partial charge in [0.15, 0.2) is 0 Å². The smallest absolute Gasteiger partial charge is 0.259 e. The minimum absolute atomic E-state index is 0.206. The van der Waals surface area contributed by atoms with Gasteiger partial charge < -0.3 is 5.32 Å². The van der Waals surface area contributed by atoms with Crippen molar-refractivity contribution in [1.82, 2.24) is 10.8 Å². The van der Waals surface area contributed by atoms with Gasteiger partial charge in [0, 0.05) is 6.54 Å². The van der Waals surface area contributed by atoms with E-state index in [1.54, 1.807) is 5.48 Å². The standard InChI is InChI=1S/C19H22N2O3/c1-19(18(23)21-24,14-16-10-6-3-7-11-16)17(22)20-13-12-15-8-4-2-5-9-15/h2-11,24H,12-14H2,1H3,(H,20,22)(H,21,23). The fourth-order valence-electron chi connectivity index (χ4n) is 2.55. The number of carbonyl (C=O) groups excluding carboxylic acids is 2. The number of carbonyl (C=O) groups is 2. The molecule has 0 aliphatic rings. The lowest BCUT2D eigenvalue weighted by atomic mass is 9.81. The molecule has 24 heavy (non-hydrogen) atoms. The number of hydrogen-bond donors (Lipinski definition) is 3. The summed E-state index contributed by atoms with van der Waals surface area (Å²) in [7, 11) is 0. The Morgan fingerprint density at radius 3 is 2.00 bits per heavy atom. The number of hydroxylamine groups is 1. The van der Waals surface area contributed by atoms with Crippen LogP contribution in [0.1, 0.15) is 18.1 Å². The molecule has 1 unspecified atom stereocenters. The van der Waals surface area contributed by atoms with Gasteiger partial charge in [0.1, 0.15) is 5.41 Å². The van der Waals surface area contributed by atoms with E-state index in [2.05, 4.69) is 5.32 Å². The van der Waals surface area contributed by atoms with Crippen LogP contribution in [0.4, 0.5) is 0 Å². The first-order chi connectivity index (χ1) is 11.6. The van der Waals surface area contributed by atoms with Crippen molar-refractivity contribution in [3.63, 3.8) is 0 Å². The van der Waals surface area contributed by atoms with Gasteiger partial charge in [-0.25, -0.2) is 5.48 Å². The summed E-state index contributed by atoms with van der Waals surface area (Å²) in [6.07, 6.45) is 0.881. The summed E-state index contributed by atoms with van der Waals surface area (Å²) in [6.45, 7) is 1.95. The molecule has 0 saturated heterocycles. The minimum atomic E-state index is -1.38. The van der Waals surface area contributed by atoms with Crippen molar-refractivity contribution in [2.24, 2.45) is 5.41 Å². The van der Waals surface area contributed by atoms with Gasteiger partial charge in [0.25, 0.3) is 5.91 Å². The number of amides is 2. The molecule has 0 bridgehead atoms. The van der Waals surface area contributed by atoms with Gasteiger partial charge in [-0.1, -0.05) is 60.7 Å². The lowest BCUT2D eigenvalue weighted by molar-refractivity contribution is -0.148. The van der Waals surface area contributed by atoms with Crippen molar-refractivity contribution in [3.05, 3.63) is 71.8 Å². The summed E-state index contributed by atoms with van der Waals surface area (Å²) in [4.78, 5) is 24.7. The quantitative estimate of drug-likeness (QED) is 0.414. The van der Waals surface area contributed by atoms with Crippen molar-refractivity contribution >= 4 is 11.8 Å². The predicted octanol–water partition coefficient (Wildman–Crippen LogP) is 2.10. The Hall–Kier alpha value is -2.66. The van der Waals surface area contributed by atoms with Gasteiger partial charge >= 0.3 is 0 Å². The zero-order valence-electron chi connectivity index (χ0n) is 13.7. The Bertz CT molecular complexity index is 674. The first-order valence-corrected chi connectivity index (χ1v) is 7.87. The molecule has 0 aliphatic heterocycles. The molecule has 0 radical (unpaired) electrons. The van der Waals surface area contributed by atoms with E-state index in [1.165, 1.54) is 6.92 Å². The van der Waals surface area contributed by atoms with Gasteiger partial charge in [0.2, 0.25) is 5.91 Å². The van der Waals surface area contributed by atoms with Gasteiger partial charge in [0.05, 0.1) is 0 Å². The molecule has 0 heterocycles. The Morgan fingerprint density at radius 2 is 1.46 bits per heavy atom. The predicted molar refractivity (Wildman–Crippen MR) is 91.3 cm³/mol. The normalized spacial score (nSPS) is 12.9. The maximum Gasteiger partial charge on any atom is 0.259 e. The summed E-state index contributed by atoms with van der Waals surface area (Å²) in [5.41, 5.74) is 2.19. The van der Waals surface area contributed by atoms with Crippen LogP contribution in [0.15, 0.2) is 60.7 Å². The Morgan fingerprint density at radius 1 is 0.917 bits per heavy atom. The summed E-state index contributed by atoms with van der Waals surface area (Å²) in [5.74, 6) is -1.13. The molecule has 0 aromatic heterocycles. The van der Waals surface area contributed by atoms with Gasteiger partial charge in [-0.15, -0.1) is 0 Å². The highest BCUT2D eigenvalue weighted by molar-refractivity contribution is 6.04. The van der Waals surface area contributed by atoms with Crippen molar-refractivity contribution in [3.8, 4) is 0 Å². The second-order valence-corrected chi connectivity index (χ2v) is 5.93. The Labute approximate surface area is 141 Å². The molecule has 1 atom stereocenters. The Balaban J connectivity index is 2.03. The van der Waals surface area contributed by atoms with Crippen molar-refractivity contribution in [2.45, 2.75) is 19.8 Å². The molecule has 0 fully saturated rings. The van der Waals surface area contributed by atoms with Crippen molar-refractivity contribution in [1.29, 1.82) is 0 Å². The third kappa shape index (κ3) is 4.43. The van der Waals surface area contributed by atoms with Gasteiger partial charge in [-0.3, -0.25) is 14.8 Å². The molecule has 5 nitrogen and oxygen atoms in total. The first-order valence-electron chi connectivity index (χ1n) is 7.87. The monoisotopic (exact) mass is 326 g/mol. The van der Waals surface area contributed by atoms with Gasteiger partial charge in [-0.05, 0) is 30.9 Å². The fraction of sp³-hybridized carbons (Fsp3) is 0.263. The average molecular weight is 326 g/mol. The molecule has 2 amide bonds. The minimum Gasteiger partial charge on any atom is -0.355 e. The zero-order chi connectivity index (χ0) is 17.4. The largest absolute Gasteiger partial charge is 0.355 e. The molecular weight excluding hydrogens is 304 g/mol. The summed E-state index contributed by atoms with van der Waals surface area (Å²) < 4.78 is 0. The van der Waals surface area contributed by atoms with E-state index in [4.69, 9.17) is 5.21 Å². The second kappa shape index (κ2) is 8.26. The van der Waals surface area contributed by atoms with Crippen LogP contribution in [0.25, 0.3) is 0 Å². The summed E-state index contributed by atoms with van der Waals surface area (Å²) in [5, 5.41) is 11.8. The van der Waals surface area contributed by atoms with Crippen LogP contribution in [0.2, 0.25) is 0 Å². The molecule has 3 N–H and O–H groups in total. The lowest BCUT2D eigenvalue weighted by Crippen LogP contribution is -2.50. The van der Waals surface area contributed by atoms with E-state index in [0.29, 0.717) is 13.0 Å². The van der Waals surface area contributed by atoms with Crippen molar-refractivity contribution in [2.75, 3.05) is 6.54 Å². The number of hydrogen-bond acceptors (Lipinski definition) is 3. The topological polar surface area (TPSA) is 78.4 Å². The van der Waals surface area contributed by atoms with Crippen LogP contribution in [0, 0.1) is 5.41 Å². The molecule has 2 rings (SSSR count). The maximum absolute atomic E-state index is 12.6. The Kier molecular flexibility index (Phi) is 6.09. The van der Waals surface area contributed by atoms with Crippen LogP contribution >= 0.6 is 0 Å². The van der Waals surface area contributed by atoms with E-state index in [-0.39, 0.29) is 6.42 Å². The number of benzene rings is 2. The molecule has 0 saturated carbocycles. The van der Waals surface area contributed by atoms with E-state index in [9.17, 15) is 9.59 Å². The maximum atomic E-state index is 12.6. The molecule has 5 heteroatoms. The second-order valence-electron chi connectivity index (χ2n) is 5.93. The molecular formula is C19H22N2O3. The molecule has 2 aromatic carbocycles.